The van der Waals surface area contributed by atoms with E-state index in [9.17, 15) is 0 Å². The molecule has 10 heavy (non-hydrogen) atoms. The van der Waals surface area contributed by atoms with Gasteiger partial charge in [-0.1, -0.05) is 20.3 Å². The van der Waals surface area contributed by atoms with Crippen molar-refractivity contribution in [1.29, 1.82) is 0 Å². The Morgan fingerprint density at radius 2 is 2.00 bits per heavy atom. The van der Waals surface area contributed by atoms with E-state index in [1.54, 1.807) is 19.3 Å². The van der Waals surface area contributed by atoms with Crippen molar-refractivity contribution in [3.8, 4) is 0 Å². The average molecular weight is 138 g/mol. The van der Waals surface area contributed by atoms with Crippen molar-refractivity contribution in [1.82, 2.24) is 0 Å². The molecule has 2 rings (SSSR count). The van der Waals surface area contributed by atoms with Gasteiger partial charge in [0.05, 0.1) is 0 Å². The van der Waals surface area contributed by atoms with Crippen LogP contribution < -0.4 is 0 Å². The third-order valence-electron chi connectivity index (χ3n) is 3.81. The van der Waals surface area contributed by atoms with Gasteiger partial charge < -0.3 is 0 Å². The van der Waals surface area contributed by atoms with Crippen molar-refractivity contribution >= 4 is 0 Å². The molecule has 0 aromatic carbocycles. The first-order valence-corrected chi connectivity index (χ1v) is 4.81. The van der Waals surface area contributed by atoms with Gasteiger partial charge in [-0.05, 0) is 42.9 Å². The average Bonchev–Trinajstić information content (AvgIpc) is 2.44. The largest absolute Gasteiger partial charge is 0.0651 e. The van der Waals surface area contributed by atoms with Crippen LogP contribution in [0.4, 0.5) is 0 Å². The zero-order chi connectivity index (χ0) is 7.14. The summed E-state index contributed by atoms with van der Waals surface area (Å²) >= 11 is 0. The third-order valence-corrected chi connectivity index (χ3v) is 3.81. The van der Waals surface area contributed by atoms with Crippen LogP contribution >= 0.6 is 0 Å². The molecule has 2 fully saturated rings. The second-order valence-electron chi connectivity index (χ2n) is 4.38. The molecule has 0 spiro atoms. The van der Waals surface area contributed by atoms with E-state index in [0.29, 0.717) is 0 Å². The number of hydrogen-bond acceptors (Lipinski definition) is 0. The van der Waals surface area contributed by atoms with Crippen LogP contribution in [0.15, 0.2) is 0 Å². The van der Waals surface area contributed by atoms with Gasteiger partial charge in [0.25, 0.3) is 0 Å². The molecule has 0 nitrogen and oxygen atoms in total. The first-order valence-electron chi connectivity index (χ1n) is 4.81. The highest BCUT2D eigenvalue weighted by atomic mass is 14.5. The summed E-state index contributed by atoms with van der Waals surface area (Å²) in [5, 5.41) is 0. The molecule has 2 aliphatic carbocycles. The van der Waals surface area contributed by atoms with Crippen LogP contribution in [0.5, 0.6) is 0 Å². The molecule has 0 amide bonds. The fourth-order valence-electron chi connectivity index (χ4n) is 3.34. The number of fused-ring (bicyclic) bond motifs is 2. The van der Waals surface area contributed by atoms with Gasteiger partial charge in [0.2, 0.25) is 0 Å². The van der Waals surface area contributed by atoms with Crippen molar-refractivity contribution in [3.63, 3.8) is 0 Å². The Hall–Kier alpha value is 0. The summed E-state index contributed by atoms with van der Waals surface area (Å²) in [5.74, 6) is 4.41. The Balaban J connectivity index is 2.06. The van der Waals surface area contributed by atoms with Gasteiger partial charge in [-0.25, -0.2) is 0 Å². The summed E-state index contributed by atoms with van der Waals surface area (Å²) in [7, 11) is 0. The minimum absolute atomic E-state index is 1.06. The lowest BCUT2D eigenvalue weighted by Crippen LogP contribution is -2.16. The van der Waals surface area contributed by atoms with Crippen LogP contribution in [0.1, 0.15) is 39.5 Å². The Bertz CT molecular complexity index is 126. The molecule has 0 N–H and O–H groups in total. The molecule has 2 saturated carbocycles. The minimum atomic E-state index is 1.06. The second kappa shape index (κ2) is 2.25. The summed E-state index contributed by atoms with van der Waals surface area (Å²) in [6, 6.07) is 0. The lowest BCUT2D eigenvalue weighted by atomic mass is 9.80. The zero-order valence-electron chi connectivity index (χ0n) is 7.14. The van der Waals surface area contributed by atoms with Gasteiger partial charge in [-0.3, -0.25) is 0 Å². The van der Waals surface area contributed by atoms with E-state index in [2.05, 4.69) is 13.8 Å². The van der Waals surface area contributed by atoms with Crippen LogP contribution in [0, 0.1) is 23.7 Å². The highest BCUT2D eigenvalue weighted by Gasteiger charge is 2.42. The van der Waals surface area contributed by atoms with E-state index >= 15 is 0 Å². The molecule has 58 valence electrons. The van der Waals surface area contributed by atoms with Gasteiger partial charge in [0.1, 0.15) is 0 Å². The van der Waals surface area contributed by atoms with Crippen molar-refractivity contribution < 1.29 is 0 Å². The van der Waals surface area contributed by atoms with E-state index in [4.69, 9.17) is 0 Å². The molecular weight excluding hydrogens is 120 g/mol. The minimum Gasteiger partial charge on any atom is -0.0651 e. The van der Waals surface area contributed by atoms with Crippen LogP contribution in [-0.2, 0) is 0 Å². The van der Waals surface area contributed by atoms with Crippen LogP contribution in [0.3, 0.4) is 0 Å². The van der Waals surface area contributed by atoms with E-state index in [1.807, 2.05) is 0 Å². The highest BCUT2D eigenvalue weighted by molar-refractivity contribution is 4.92. The molecule has 4 atom stereocenters. The molecule has 0 heteroatoms. The number of rotatable bonds is 1. The lowest BCUT2D eigenvalue weighted by Gasteiger charge is -2.25. The van der Waals surface area contributed by atoms with Gasteiger partial charge in [-0.15, -0.1) is 0 Å². The Labute approximate surface area is 64.0 Å². The van der Waals surface area contributed by atoms with E-state index in [0.717, 1.165) is 23.7 Å². The first-order chi connectivity index (χ1) is 4.81. The van der Waals surface area contributed by atoms with Gasteiger partial charge in [0.15, 0.2) is 0 Å². The Morgan fingerprint density at radius 3 is 2.40 bits per heavy atom. The van der Waals surface area contributed by atoms with Gasteiger partial charge in [-0.2, -0.15) is 0 Å². The summed E-state index contributed by atoms with van der Waals surface area (Å²) in [6.45, 7) is 4.81. The van der Waals surface area contributed by atoms with Crippen molar-refractivity contribution in [3.05, 3.63) is 0 Å². The fourth-order valence-corrected chi connectivity index (χ4v) is 3.34. The van der Waals surface area contributed by atoms with Crippen LogP contribution in [0.25, 0.3) is 0 Å². The summed E-state index contributed by atoms with van der Waals surface area (Å²) < 4.78 is 0. The number of hydrogen-bond donors (Lipinski definition) is 0. The highest BCUT2D eigenvalue weighted by Crippen LogP contribution is 2.52. The summed E-state index contributed by atoms with van der Waals surface area (Å²) in [4.78, 5) is 0. The molecule has 0 radical (unpaired) electrons. The SMILES string of the molecule is CCC1CC2CC(C)C1C2. The lowest BCUT2D eigenvalue weighted by molar-refractivity contribution is 0.248. The van der Waals surface area contributed by atoms with E-state index < -0.39 is 0 Å². The third kappa shape index (κ3) is 0.810. The van der Waals surface area contributed by atoms with Crippen molar-refractivity contribution in [2.75, 3.05) is 0 Å². The topological polar surface area (TPSA) is 0 Å². The Morgan fingerprint density at radius 1 is 1.20 bits per heavy atom. The molecule has 0 aromatic rings. The molecule has 2 bridgehead atoms. The van der Waals surface area contributed by atoms with E-state index in [1.165, 1.54) is 6.42 Å². The predicted molar refractivity (Wildman–Crippen MR) is 43.8 cm³/mol. The van der Waals surface area contributed by atoms with Crippen molar-refractivity contribution in [2.24, 2.45) is 23.7 Å². The van der Waals surface area contributed by atoms with E-state index in [-0.39, 0.29) is 0 Å². The Kier molecular flexibility index (Phi) is 1.51. The monoisotopic (exact) mass is 138 g/mol. The standard InChI is InChI=1S/C10H18/c1-3-9-5-8-4-7(2)10(9)6-8/h7-10H,3-6H2,1-2H3. The van der Waals surface area contributed by atoms with Crippen LogP contribution in [-0.4, -0.2) is 0 Å². The van der Waals surface area contributed by atoms with Crippen LogP contribution in [0.2, 0.25) is 0 Å². The maximum Gasteiger partial charge on any atom is -0.0357 e. The molecule has 2 aliphatic rings. The summed E-state index contributed by atoms with van der Waals surface area (Å²) in [5.41, 5.74) is 0. The second-order valence-corrected chi connectivity index (χ2v) is 4.38. The molecule has 0 aromatic heterocycles. The summed E-state index contributed by atoms with van der Waals surface area (Å²) in [6.07, 6.45) is 6.11. The predicted octanol–water partition coefficient (Wildman–Crippen LogP) is 3.08. The zero-order valence-corrected chi connectivity index (χ0v) is 7.14. The smallest absolute Gasteiger partial charge is 0.0357 e. The quantitative estimate of drug-likeness (QED) is 0.522. The fraction of sp³-hybridized carbons (Fsp3) is 1.00. The van der Waals surface area contributed by atoms with Gasteiger partial charge >= 0.3 is 0 Å². The molecule has 4 unspecified atom stereocenters. The van der Waals surface area contributed by atoms with Crippen molar-refractivity contribution in [2.45, 2.75) is 39.5 Å². The molecular formula is C10H18. The normalized spacial score (nSPS) is 52.2. The molecule has 0 heterocycles. The maximum atomic E-state index is 2.45. The molecule has 0 aliphatic heterocycles. The van der Waals surface area contributed by atoms with Gasteiger partial charge in [0, 0.05) is 0 Å². The maximum absolute atomic E-state index is 2.45. The molecule has 0 saturated heterocycles. The first kappa shape index (κ1) is 6.69.